The molecule has 0 unspecified atom stereocenters. The summed E-state index contributed by atoms with van der Waals surface area (Å²) in [6, 6.07) is 0. The van der Waals surface area contributed by atoms with Crippen molar-refractivity contribution in [2.24, 2.45) is 0 Å². The lowest BCUT2D eigenvalue weighted by molar-refractivity contribution is -0.136. The van der Waals surface area contributed by atoms with Crippen LogP contribution in [-0.2, 0) is 11.2 Å². The second kappa shape index (κ2) is 5.64. The van der Waals surface area contributed by atoms with E-state index < -0.39 is 5.97 Å². The number of rotatable bonds is 4. The van der Waals surface area contributed by atoms with Crippen molar-refractivity contribution in [3.05, 3.63) is 28.1 Å². The van der Waals surface area contributed by atoms with Crippen LogP contribution >= 0.6 is 34.7 Å². The molecule has 0 amide bonds. The van der Waals surface area contributed by atoms with Crippen molar-refractivity contribution in [1.82, 2.24) is 15.0 Å². The van der Waals surface area contributed by atoms with E-state index in [9.17, 15) is 4.79 Å². The van der Waals surface area contributed by atoms with Crippen molar-refractivity contribution in [3.63, 3.8) is 0 Å². The van der Waals surface area contributed by atoms with Gasteiger partial charge in [0.1, 0.15) is 10.2 Å². The number of nitrogens with zero attached hydrogens (tertiary/aromatic N) is 3. The SMILES string of the molecule is Cc1nc(Sc2cncc(Cl)n2)sc1CC(=O)O. The van der Waals surface area contributed by atoms with Crippen LogP contribution in [0.1, 0.15) is 10.6 Å². The van der Waals surface area contributed by atoms with Crippen molar-refractivity contribution >= 4 is 40.7 Å². The normalized spacial score (nSPS) is 10.6. The van der Waals surface area contributed by atoms with E-state index in [2.05, 4.69) is 15.0 Å². The van der Waals surface area contributed by atoms with Crippen LogP contribution in [0.25, 0.3) is 0 Å². The second-order valence-electron chi connectivity index (χ2n) is 3.34. The lowest BCUT2D eigenvalue weighted by Crippen LogP contribution is -1.99. The molecule has 0 fully saturated rings. The maximum Gasteiger partial charge on any atom is 0.308 e. The van der Waals surface area contributed by atoms with Crippen LogP contribution in [0.3, 0.4) is 0 Å². The van der Waals surface area contributed by atoms with E-state index in [1.165, 1.54) is 29.3 Å². The number of aliphatic carboxylic acids is 1. The highest BCUT2D eigenvalue weighted by Gasteiger charge is 2.12. The van der Waals surface area contributed by atoms with Gasteiger partial charge in [0.2, 0.25) is 0 Å². The molecule has 0 aromatic carbocycles. The Kier molecular flexibility index (Phi) is 4.15. The molecule has 8 heteroatoms. The number of aryl methyl sites for hydroxylation is 1. The largest absolute Gasteiger partial charge is 0.481 e. The highest BCUT2D eigenvalue weighted by molar-refractivity contribution is 8.01. The Morgan fingerprint density at radius 2 is 2.28 bits per heavy atom. The quantitative estimate of drug-likeness (QED) is 0.935. The van der Waals surface area contributed by atoms with E-state index >= 15 is 0 Å². The Hall–Kier alpha value is -1.18. The predicted molar refractivity (Wildman–Crippen MR) is 69.4 cm³/mol. The third-order valence-corrected chi connectivity index (χ3v) is 4.27. The van der Waals surface area contributed by atoms with Crippen LogP contribution in [0, 0.1) is 6.92 Å². The number of thiazole rings is 1. The van der Waals surface area contributed by atoms with E-state index in [0.29, 0.717) is 10.2 Å². The van der Waals surface area contributed by atoms with E-state index in [1.54, 1.807) is 13.1 Å². The topological polar surface area (TPSA) is 76.0 Å². The fourth-order valence-electron chi connectivity index (χ4n) is 1.21. The molecule has 0 radical (unpaired) electrons. The molecule has 0 aliphatic heterocycles. The maximum absolute atomic E-state index is 10.7. The molecule has 2 aromatic heterocycles. The van der Waals surface area contributed by atoms with Crippen molar-refractivity contribution in [3.8, 4) is 0 Å². The molecule has 0 spiro atoms. The Bertz CT molecular complexity index is 588. The molecule has 2 aromatic rings. The average molecular weight is 302 g/mol. The molecule has 5 nitrogen and oxygen atoms in total. The first-order valence-corrected chi connectivity index (χ1v) is 6.89. The maximum atomic E-state index is 10.7. The van der Waals surface area contributed by atoms with Crippen LogP contribution in [0.2, 0.25) is 5.15 Å². The third kappa shape index (κ3) is 3.41. The summed E-state index contributed by atoms with van der Waals surface area (Å²) in [6.07, 6.45) is 3.03. The number of hydrogen-bond acceptors (Lipinski definition) is 6. The van der Waals surface area contributed by atoms with Gasteiger partial charge in [-0.3, -0.25) is 9.78 Å². The minimum atomic E-state index is -0.860. The van der Waals surface area contributed by atoms with Gasteiger partial charge in [-0.2, -0.15) is 0 Å². The zero-order valence-corrected chi connectivity index (χ0v) is 11.6. The van der Waals surface area contributed by atoms with Crippen LogP contribution in [-0.4, -0.2) is 26.0 Å². The Balaban J connectivity index is 2.17. The van der Waals surface area contributed by atoms with Gasteiger partial charge in [-0.05, 0) is 18.7 Å². The summed E-state index contributed by atoms with van der Waals surface area (Å²) in [6.45, 7) is 1.79. The molecule has 94 valence electrons. The summed E-state index contributed by atoms with van der Waals surface area (Å²) in [5.74, 6) is -0.860. The molecular weight excluding hydrogens is 294 g/mol. The summed E-state index contributed by atoms with van der Waals surface area (Å²) in [5, 5.41) is 9.71. The first kappa shape index (κ1) is 13.3. The molecular formula is C10H8ClN3O2S2. The number of halogens is 1. The van der Waals surface area contributed by atoms with E-state index in [4.69, 9.17) is 16.7 Å². The molecule has 2 rings (SSSR count). The van der Waals surface area contributed by atoms with E-state index in [1.807, 2.05) is 0 Å². The van der Waals surface area contributed by atoms with Gasteiger partial charge in [-0.25, -0.2) is 9.97 Å². The van der Waals surface area contributed by atoms with Crippen LogP contribution in [0.5, 0.6) is 0 Å². The van der Waals surface area contributed by atoms with Crippen molar-refractivity contribution in [1.29, 1.82) is 0 Å². The van der Waals surface area contributed by atoms with Gasteiger partial charge in [0.25, 0.3) is 0 Å². The first-order valence-electron chi connectivity index (χ1n) is 4.88. The van der Waals surface area contributed by atoms with Gasteiger partial charge in [0.15, 0.2) is 4.34 Å². The van der Waals surface area contributed by atoms with E-state index in [-0.39, 0.29) is 6.42 Å². The lowest BCUT2D eigenvalue weighted by Gasteiger charge is -1.95. The first-order chi connectivity index (χ1) is 8.54. The predicted octanol–water partition coefficient (Wildman–Crippen LogP) is 2.67. The summed E-state index contributed by atoms with van der Waals surface area (Å²) in [4.78, 5) is 23.7. The molecule has 0 atom stereocenters. The second-order valence-corrected chi connectivity index (χ2v) is 6.08. The molecule has 0 bridgehead atoms. The van der Waals surface area contributed by atoms with Crippen LogP contribution in [0.4, 0.5) is 0 Å². The number of carboxylic acids is 1. The smallest absolute Gasteiger partial charge is 0.308 e. The number of carboxylic acid groups (broad SMARTS) is 1. The fraction of sp³-hybridized carbons (Fsp3) is 0.200. The van der Waals surface area contributed by atoms with Gasteiger partial charge < -0.3 is 5.11 Å². The molecule has 0 saturated heterocycles. The summed E-state index contributed by atoms with van der Waals surface area (Å²) in [5.41, 5.74) is 0.736. The Morgan fingerprint density at radius 1 is 1.50 bits per heavy atom. The monoisotopic (exact) mass is 301 g/mol. The third-order valence-electron chi connectivity index (χ3n) is 1.96. The molecule has 0 aliphatic rings. The number of hydrogen-bond donors (Lipinski definition) is 1. The highest BCUT2D eigenvalue weighted by atomic mass is 35.5. The van der Waals surface area contributed by atoms with Gasteiger partial charge in [-0.15, -0.1) is 11.3 Å². The zero-order chi connectivity index (χ0) is 13.1. The molecule has 0 saturated carbocycles. The fourth-order valence-corrected chi connectivity index (χ4v) is 3.53. The number of aromatic nitrogens is 3. The van der Waals surface area contributed by atoms with E-state index in [0.717, 1.165) is 14.9 Å². The van der Waals surface area contributed by atoms with Gasteiger partial charge in [0.05, 0.1) is 24.5 Å². The summed E-state index contributed by atoms with van der Waals surface area (Å²) >= 11 is 8.40. The van der Waals surface area contributed by atoms with Gasteiger partial charge in [0, 0.05) is 4.88 Å². The lowest BCUT2D eigenvalue weighted by atomic mass is 10.3. The summed E-state index contributed by atoms with van der Waals surface area (Å²) in [7, 11) is 0. The van der Waals surface area contributed by atoms with Crippen LogP contribution in [0.15, 0.2) is 21.8 Å². The molecule has 2 heterocycles. The van der Waals surface area contributed by atoms with Gasteiger partial charge >= 0.3 is 5.97 Å². The average Bonchev–Trinajstić information content (AvgIpc) is 2.58. The molecule has 1 N–H and O–H groups in total. The van der Waals surface area contributed by atoms with Crippen LogP contribution < -0.4 is 0 Å². The minimum absolute atomic E-state index is 0.00865. The Labute approximate surface area is 116 Å². The van der Waals surface area contributed by atoms with Crippen molar-refractivity contribution in [2.75, 3.05) is 0 Å². The Morgan fingerprint density at radius 3 is 2.94 bits per heavy atom. The minimum Gasteiger partial charge on any atom is -0.481 e. The molecule has 0 aliphatic carbocycles. The zero-order valence-electron chi connectivity index (χ0n) is 9.25. The highest BCUT2D eigenvalue weighted by Crippen LogP contribution is 2.32. The van der Waals surface area contributed by atoms with Gasteiger partial charge in [-0.1, -0.05) is 11.6 Å². The summed E-state index contributed by atoms with van der Waals surface area (Å²) < 4.78 is 0.736. The number of carbonyl (C=O) groups is 1. The molecule has 18 heavy (non-hydrogen) atoms. The standard InChI is InChI=1S/C10H8ClN3O2S2/c1-5-6(2-9(15)16)17-10(13-5)18-8-4-12-3-7(11)14-8/h3-4H,2H2,1H3,(H,15,16). The van der Waals surface area contributed by atoms with Crippen molar-refractivity contribution < 1.29 is 9.90 Å². The van der Waals surface area contributed by atoms with Crippen molar-refractivity contribution in [2.45, 2.75) is 22.7 Å².